The lowest BCUT2D eigenvalue weighted by molar-refractivity contribution is 0.737. The second-order valence-corrected chi connectivity index (χ2v) is 6.61. The minimum absolute atomic E-state index is 0. The van der Waals surface area contributed by atoms with Crippen molar-refractivity contribution >= 4 is 63.0 Å². The van der Waals surface area contributed by atoms with Crippen molar-refractivity contribution in [1.82, 2.24) is 30.5 Å². The summed E-state index contributed by atoms with van der Waals surface area (Å²) in [5.41, 5.74) is 5.01. The van der Waals surface area contributed by atoms with E-state index in [9.17, 15) is 0 Å². The molecule has 138 valence electrons. The molecule has 0 spiro atoms. The number of rotatable bonds is 3. The van der Waals surface area contributed by atoms with Crippen LogP contribution in [-0.4, -0.2) is 38.2 Å². The third-order valence-electron chi connectivity index (χ3n) is 4.61. The molecule has 7 nitrogen and oxygen atoms in total. The summed E-state index contributed by atoms with van der Waals surface area (Å²) in [5, 5.41) is 15.9. The molecule has 1 aromatic carbocycles. The first-order chi connectivity index (χ1) is 12.8. The molecule has 1 aliphatic rings. The fourth-order valence-corrected chi connectivity index (χ4v) is 3.47. The largest absolute Gasteiger partial charge is 0.340 e. The van der Waals surface area contributed by atoms with Gasteiger partial charge in [0.05, 0.1) is 10.9 Å². The number of aromatic nitrogens is 5. The van der Waals surface area contributed by atoms with Crippen molar-refractivity contribution in [2.45, 2.75) is 6.42 Å². The smallest absolute Gasteiger partial charge is 0.158 e. The average Bonchev–Trinajstić information content (AvgIpc) is 3.27. The summed E-state index contributed by atoms with van der Waals surface area (Å²) in [6.45, 7) is 1.89. The van der Waals surface area contributed by atoms with E-state index in [-0.39, 0.29) is 12.4 Å². The maximum Gasteiger partial charge on any atom is 0.158 e. The van der Waals surface area contributed by atoms with Crippen LogP contribution in [0.15, 0.2) is 36.7 Å². The van der Waals surface area contributed by atoms with Gasteiger partial charge in [-0.25, -0.2) is 9.97 Å². The number of hydrogen-bond donors (Lipinski definition) is 4. The van der Waals surface area contributed by atoms with E-state index in [2.05, 4.69) is 47.9 Å². The van der Waals surface area contributed by atoms with E-state index in [1.54, 1.807) is 6.33 Å². The van der Waals surface area contributed by atoms with Gasteiger partial charge < -0.3 is 15.6 Å². The van der Waals surface area contributed by atoms with Crippen LogP contribution in [0.3, 0.4) is 0 Å². The molecule has 0 radical (unpaired) electrons. The quantitative estimate of drug-likeness (QED) is 0.415. The van der Waals surface area contributed by atoms with Gasteiger partial charge in [-0.05, 0) is 42.8 Å². The van der Waals surface area contributed by atoms with Gasteiger partial charge in [-0.15, -0.1) is 12.4 Å². The molecule has 4 N–H and O–H groups in total. The fourth-order valence-electron chi connectivity index (χ4n) is 3.28. The van der Waals surface area contributed by atoms with E-state index in [4.69, 9.17) is 11.6 Å². The predicted octanol–water partition coefficient (Wildman–Crippen LogP) is 4.03. The minimum Gasteiger partial charge on any atom is -0.340 e. The first-order valence-corrected chi connectivity index (χ1v) is 8.80. The lowest BCUT2D eigenvalue weighted by atomic mass is 10.1. The number of aromatic amines is 2. The van der Waals surface area contributed by atoms with E-state index in [1.807, 2.05) is 18.2 Å². The summed E-state index contributed by atoms with van der Waals surface area (Å²) in [7, 11) is 0. The normalized spacial score (nSPS) is 14.2. The molecule has 9 heteroatoms. The number of hydrogen-bond acceptors (Lipinski definition) is 5. The van der Waals surface area contributed by atoms with Crippen molar-refractivity contribution in [3.63, 3.8) is 0 Å². The highest BCUT2D eigenvalue weighted by molar-refractivity contribution is 6.34. The number of anilines is 2. The first-order valence-electron chi connectivity index (χ1n) is 8.42. The molecule has 0 amide bonds. The summed E-state index contributed by atoms with van der Waals surface area (Å²) in [6.07, 6.45) is 4.77. The van der Waals surface area contributed by atoms with Gasteiger partial charge in [0.25, 0.3) is 0 Å². The van der Waals surface area contributed by atoms with E-state index in [0.29, 0.717) is 5.15 Å². The molecule has 0 atom stereocenters. The minimum atomic E-state index is 0. The summed E-state index contributed by atoms with van der Waals surface area (Å²) in [6, 6.07) is 7.97. The highest BCUT2D eigenvalue weighted by atomic mass is 35.5. The zero-order valence-electron chi connectivity index (χ0n) is 14.2. The van der Waals surface area contributed by atoms with Gasteiger partial charge in [-0.2, -0.15) is 5.10 Å². The third-order valence-corrected chi connectivity index (χ3v) is 4.90. The van der Waals surface area contributed by atoms with Crippen LogP contribution in [0.4, 0.5) is 11.5 Å². The van der Waals surface area contributed by atoms with Crippen LogP contribution in [0, 0.1) is 0 Å². The Morgan fingerprint density at radius 2 is 2.04 bits per heavy atom. The zero-order chi connectivity index (χ0) is 17.5. The Morgan fingerprint density at radius 1 is 1.11 bits per heavy atom. The molecule has 1 aliphatic heterocycles. The van der Waals surface area contributed by atoms with Crippen molar-refractivity contribution in [3.8, 4) is 0 Å². The Bertz CT molecular complexity index is 1150. The van der Waals surface area contributed by atoms with Crippen molar-refractivity contribution in [2.24, 2.45) is 0 Å². The van der Waals surface area contributed by atoms with Gasteiger partial charge in [-0.1, -0.05) is 17.7 Å². The Hall–Kier alpha value is -2.61. The molecular formula is C18H17Cl2N7. The Labute approximate surface area is 166 Å². The highest BCUT2D eigenvalue weighted by Gasteiger charge is 2.13. The number of halogens is 2. The molecular weight excluding hydrogens is 385 g/mol. The maximum atomic E-state index is 6.12. The third kappa shape index (κ3) is 3.25. The lowest BCUT2D eigenvalue weighted by Gasteiger charge is -2.12. The molecule has 0 saturated heterocycles. The molecule has 0 bridgehead atoms. The van der Waals surface area contributed by atoms with Crippen LogP contribution in [-0.2, 0) is 0 Å². The van der Waals surface area contributed by atoms with Crippen LogP contribution in [0.2, 0.25) is 5.15 Å². The van der Waals surface area contributed by atoms with Gasteiger partial charge in [-0.3, -0.25) is 5.10 Å². The lowest BCUT2D eigenvalue weighted by Crippen LogP contribution is -2.20. The van der Waals surface area contributed by atoms with Gasteiger partial charge in [0, 0.05) is 23.3 Å². The number of nitrogens with one attached hydrogen (secondary N) is 4. The maximum absolute atomic E-state index is 6.12. The topological polar surface area (TPSA) is 94.3 Å². The van der Waals surface area contributed by atoms with Crippen molar-refractivity contribution in [3.05, 3.63) is 47.5 Å². The monoisotopic (exact) mass is 401 g/mol. The van der Waals surface area contributed by atoms with Crippen LogP contribution < -0.4 is 10.6 Å². The number of benzene rings is 1. The van der Waals surface area contributed by atoms with Gasteiger partial charge in [0.15, 0.2) is 5.15 Å². The zero-order valence-corrected chi connectivity index (χ0v) is 15.8. The molecule has 4 aromatic rings. The van der Waals surface area contributed by atoms with E-state index >= 15 is 0 Å². The summed E-state index contributed by atoms with van der Waals surface area (Å²) in [4.78, 5) is 12.2. The highest BCUT2D eigenvalue weighted by Crippen LogP contribution is 2.30. The van der Waals surface area contributed by atoms with Crippen LogP contribution in [0.25, 0.3) is 27.5 Å². The predicted molar refractivity (Wildman–Crippen MR) is 111 cm³/mol. The van der Waals surface area contributed by atoms with Crippen molar-refractivity contribution < 1.29 is 0 Å². The molecule has 0 unspecified atom stereocenters. The Balaban J connectivity index is 0.00000180. The standard InChI is InChI=1S/C18H16ClN7.ClH/c19-16-12-7-11(1-2-14(12)25-26-16)23-17-13-8-15(10-3-5-20-6-4-10)24-18(13)22-9-21-17;/h1-3,7-9,20H,4-6H2,(H,25,26)(H2,21,22,23,24);1H. The molecule has 4 heterocycles. The van der Waals surface area contributed by atoms with E-state index in [0.717, 1.165) is 58.6 Å². The second kappa shape index (κ2) is 7.19. The average molecular weight is 402 g/mol. The van der Waals surface area contributed by atoms with Crippen LogP contribution in [0.1, 0.15) is 12.1 Å². The second-order valence-electron chi connectivity index (χ2n) is 6.25. The SMILES string of the molecule is Cl.Clc1n[nH]c2ccc(Nc3ncnc4[nH]c(C5=CCNCC5)cc34)cc12. The number of H-pyrrole nitrogens is 2. The van der Waals surface area contributed by atoms with Crippen molar-refractivity contribution in [2.75, 3.05) is 18.4 Å². The number of fused-ring (bicyclic) bond motifs is 2. The molecule has 0 fully saturated rings. The van der Waals surface area contributed by atoms with Crippen LogP contribution in [0.5, 0.6) is 0 Å². The molecule has 27 heavy (non-hydrogen) atoms. The number of nitrogens with zero attached hydrogens (tertiary/aromatic N) is 3. The van der Waals surface area contributed by atoms with Gasteiger partial charge in [0.1, 0.15) is 17.8 Å². The molecule has 5 rings (SSSR count). The first kappa shape index (κ1) is 17.8. The van der Waals surface area contributed by atoms with Gasteiger partial charge >= 0.3 is 0 Å². The fraction of sp³-hybridized carbons (Fsp3) is 0.167. The Morgan fingerprint density at radius 3 is 2.89 bits per heavy atom. The van der Waals surface area contributed by atoms with Crippen molar-refractivity contribution in [1.29, 1.82) is 0 Å². The van der Waals surface area contributed by atoms with Gasteiger partial charge in [0.2, 0.25) is 0 Å². The molecule has 0 saturated carbocycles. The summed E-state index contributed by atoms with van der Waals surface area (Å²) >= 11 is 6.12. The molecule has 0 aliphatic carbocycles. The van der Waals surface area contributed by atoms with E-state index < -0.39 is 0 Å². The van der Waals surface area contributed by atoms with E-state index in [1.165, 1.54) is 5.57 Å². The summed E-state index contributed by atoms with van der Waals surface area (Å²) < 4.78 is 0. The molecule has 3 aromatic heterocycles. The summed E-state index contributed by atoms with van der Waals surface area (Å²) in [5.74, 6) is 0.756. The Kier molecular flexibility index (Phi) is 4.73. The van der Waals surface area contributed by atoms with Crippen LogP contribution >= 0.6 is 24.0 Å².